The van der Waals surface area contributed by atoms with Gasteiger partial charge in [-0.2, -0.15) is 0 Å². The van der Waals surface area contributed by atoms with E-state index in [0.717, 1.165) is 5.56 Å². The monoisotopic (exact) mass is 223 g/mol. The summed E-state index contributed by atoms with van der Waals surface area (Å²) in [7, 11) is 0. The molecule has 0 saturated heterocycles. The molecular weight excluding hydrogens is 214 g/mol. The number of benzene rings is 1. The minimum absolute atomic E-state index is 0. The number of amidine groups is 1. The Morgan fingerprint density at radius 2 is 1.93 bits per heavy atom. The van der Waals surface area contributed by atoms with Crippen LogP contribution in [-0.4, -0.2) is 10.8 Å². The van der Waals surface area contributed by atoms with Crippen LogP contribution in [0.15, 0.2) is 40.9 Å². The zero-order valence-corrected chi connectivity index (χ0v) is 8.62. The second kappa shape index (κ2) is 4.61. The molecule has 5 heteroatoms. The molecule has 0 atom stereocenters. The summed E-state index contributed by atoms with van der Waals surface area (Å²) < 4.78 is 5.27. The minimum Gasteiger partial charge on any atom is -0.434 e. The molecule has 15 heavy (non-hydrogen) atoms. The van der Waals surface area contributed by atoms with E-state index in [0.29, 0.717) is 5.76 Å². The number of oxazole rings is 1. The Kier molecular flexibility index (Phi) is 3.46. The van der Waals surface area contributed by atoms with Gasteiger partial charge in [0.05, 0.1) is 6.20 Å². The first-order valence-corrected chi connectivity index (χ1v) is 4.13. The summed E-state index contributed by atoms with van der Waals surface area (Å²) in [4.78, 5) is 3.88. The van der Waals surface area contributed by atoms with Crippen LogP contribution in [0.2, 0.25) is 0 Å². The quantitative estimate of drug-likeness (QED) is 0.604. The standard InChI is InChI=1S/C10H9N3O.ClH/c11-9(12)10-13-6-8(14-10)7-4-2-1-3-5-7;/h1-6H,(H3,11,12);1H. The van der Waals surface area contributed by atoms with Crippen molar-refractivity contribution in [1.82, 2.24) is 4.98 Å². The highest BCUT2D eigenvalue weighted by molar-refractivity contribution is 5.90. The molecule has 0 aliphatic rings. The van der Waals surface area contributed by atoms with Gasteiger partial charge in [-0.15, -0.1) is 12.4 Å². The van der Waals surface area contributed by atoms with E-state index in [1.54, 1.807) is 6.20 Å². The maximum absolute atomic E-state index is 7.13. The molecular formula is C10H10ClN3O. The molecule has 1 aromatic heterocycles. The second-order valence-electron chi connectivity index (χ2n) is 2.81. The predicted octanol–water partition coefficient (Wildman–Crippen LogP) is 2.05. The molecule has 0 bridgehead atoms. The van der Waals surface area contributed by atoms with E-state index in [4.69, 9.17) is 15.6 Å². The normalized spacial score (nSPS) is 9.33. The lowest BCUT2D eigenvalue weighted by Gasteiger charge is -1.93. The molecule has 0 spiro atoms. The fourth-order valence-electron chi connectivity index (χ4n) is 1.13. The Morgan fingerprint density at radius 1 is 1.27 bits per heavy atom. The summed E-state index contributed by atoms with van der Waals surface area (Å²) in [5.74, 6) is 0.617. The number of rotatable bonds is 2. The third-order valence-electron chi connectivity index (χ3n) is 1.79. The number of halogens is 1. The number of nitrogens with one attached hydrogen (secondary N) is 1. The average Bonchev–Trinajstić information content (AvgIpc) is 2.68. The summed E-state index contributed by atoms with van der Waals surface area (Å²) in [6, 6.07) is 9.55. The molecule has 2 aromatic rings. The Labute approximate surface area is 93.0 Å². The van der Waals surface area contributed by atoms with Gasteiger partial charge in [0, 0.05) is 5.56 Å². The number of nitrogens with zero attached hydrogens (tertiary/aromatic N) is 1. The third kappa shape index (κ3) is 2.35. The fraction of sp³-hybridized carbons (Fsp3) is 0. The number of aromatic nitrogens is 1. The molecule has 0 aliphatic carbocycles. The predicted molar refractivity (Wildman–Crippen MR) is 60.2 cm³/mol. The summed E-state index contributed by atoms with van der Waals surface area (Å²) in [5, 5.41) is 7.13. The van der Waals surface area contributed by atoms with Gasteiger partial charge in [0.1, 0.15) is 0 Å². The molecule has 4 nitrogen and oxygen atoms in total. The molecule has 0 unspecified atom stereocenters. The van der Waals surface area contributed by atoms with Crippen molar-refractivity contribution in [2.24, 2.45) is 5.73 Å². The van der Waals surface area contributed by atoms with Crippen LogP contribution in [-0.2, 0) is 0 Å². The van der Waals surface area contributed by atoms with Gasteiger partial charge < -0.3 is 10.2 Å². The van der Waals surface area contributed by atoms with Crippen LogP contribution < -0.4 is 5.73 Å². The van der Waals surface area contributed by atoms with E-state index in [1.807, 2.05) is 30.3 Å². The zero-order chi connectivity index (χ0) is 9.97. The van der Waals surface area contributed by atoms with Gasteiger partial charge >= 0.3 is 0 Å². The summed E-state index contributed by atoms with van der Waals surface area (Å²) >= 11 is 0. The Morgan fingerprint density at radius 3 is 2.47 bits per heavy atom. The molecule has 3 N–H and O–H groups in total. The average molecular weight is 224 g/mol. The number of hydrogen-bond donors (Lipinski definition) is 2. The Bertz CT molecular complexity index is 453. The van der Waals surface area contributed by atoms with Crippen molar-refractivity contribution in [1.29, 1.82) is 5.41 Å². The molecule has 0 radical (unpaired) electrons. The van der Waals surface area contributed by atoms with Gasteiger partial charge in [0.25, 0.3) is 5.89 Å². The van der Waals surface area contributed by atoms with Gasteiger partial charge in [0.15, 0.2) is 11.6 Å². The van der Waals surface area contributed by atoms with E-state index in [9.17, 15) is 0 Å². The molecule has 2 rings (SSSR count). The number of nitrogen functional groups attached to an aromatic ring is 1. The van der Waals surface area contributed by atoms with E-state index < -0.39 is 0 Å². The lowest BCUT2D eigenvalue weighted by Crippen LogP contribution is -2.10. The van der Waals surface area contributed by atoms with Crippen molar-refractivity contribution < 1.29 is 4.42 Å². The maximum Gasteiger partial charge on any atom is 0.262 e. The minimum atomic E-state index is -0.160. The van der Waals surface area contributed by atoms with Crippen molar-refractivity contribution in [3.63, 3.8) is 0 Å². The van der Waals surface area contributed by atoms with Crippen molar-refractivity contribution in [3.8, 4) is 11.3 Å². The van der Waals surface area contributed by atoms with Crippen LogP contribution in [0, 0.1) is 5.41 Å². The van der Waals surface area contributed by atoms with Crippen LogP contribution in [0.1, 0.15) is 5.89 Å². The van der Waals surface area contributed by atoms with Crippen LogP contribution in [0.4, 0.5) is 0 Å². The van der Waals surface area contributed by atoms with Crippen molar-refractivity contribution in [3.05, 3.63) is 42.4 Å². The Balaban J connectivity index is 0.00000112. The highest BCUT2D eigenvalue weighted by Crippen LogP contribution is 2.19. The van der Waals surface area contributed by atoms with E-state index >= 15 is 0 Å². The van der Waals surface area contributed by atoms with E-state index in [1.165, 1.54) is 0 Å². The van der Waals surface area contributed by atoms with Gasteiger partial charge in [-0.1, -0.05) is 30.3 Å². The second-order valence-corrected chi connectivity index (χ2v) is 2.81. The first kappa shape index (κ1) is 11.3. The highest BCUT2D eigenvalue weighted by Gasteiger charge is 2.07. The number of hydrogen-bond acceptors (Lipinski definition) is 3. The molecule has 78 valence electrons. The molecule has 0 fully saturated rings. The fourth-order valence-corrected chi connectivity index (χ4v) is 1.13. The van der Waals surface area contributed by atoms with Crippen molar-refractivity contribution in [2.75, 3.05) is 0 Å². The molecule has 0 aliphatic heterocycles. The SMILES string of the molecule is Cl.N=C(N)c1ncc(-c2ccccc2)o1. The summed E-state index contributed by atoms with van der Waals surface area (Å²) in [6.45, 7) is 0. The van der Waals surface area contributed by atoms with E-state index in [2.05, 4.69) is 4.98 Å². The smallest absolute Gasteiger partial charge is 0.262 e. The van der Waals surface area contributed by atoms with E-state index in [-0.39, 0.29) is 24.1 Å². The molecule has 0 saturated carbocycles. The summed E-state index contributed by atoms with van der Waals surface area (Å²) in [5.41, 5.74) is 6.16. The Hall–Kier alpha value is -1.81. The maximum atomic E-state index is 7.13. The van der Waals surface area contributed by atoms with Crippen LogP contribution in [0.3, 0.4) is 0 Å². The van der Waals surface area contributed by atoms with Gasteiger partial charge in [-0.25, -0.2) is 4.98 Å². The van der Waals surface area contributed by atoms with Gasteiger partial charge in [-0.3, -0.25) is 5.41 Å². The summed E-state index contributed by atoms with van der Waals surface area (Å²) in [6.07, 6.45) is 1.56. The van der Waals surface area contributed by atoms with Crippen molar-refractivity contribution in [2.45, 2.75) is 0 Å². The molecule has 1 aromatic carbocycles. The van der Waals surface area contributed by atoms with Gasteiger partial charge in [0.2, 0.25) is 0 Å². The topological polar surface area (TPSA) is 75.9 Å². The molecule has 0 amide bonds. The first-order valence-electron chi connectivity index (χ1n) is 4.13. The number of nitrogens with two attached hydrogens (primary N) is 1. The molecule has 1 heterocycles. The largest absolute Gasteiger partial charge is 0.434 e. The lowest BCUT2D eigenvalue weighted by atomic mass is 10.2. The highest BCUT2D eigenvalue weighted by atomic mass is 35.5. The van der Waals surface area contributed by atoms with Crippen molar-refractivity contribution >= 4 is 18.2 Å². The van der Waals surface area contributed by atoms with Crippen LogP contribution in [0.5, 0.6) is 0 Å². The van der Waals surface area contributed by atoms with Crippen LogP contribution >= 0.6 is 12.4 Å². The third-order valence-corrected chi connectivity index (χ3v) is 1.79. The van der Waals surface area contributed by atoms with Gasteiger partial charge in [-0.05, 0) is 0 Å². The zero-order valence-electron chi connectivity index (χ0n) is 7.81. The lowest BCUT2D eigenvalue weighted by molar-refractivity contribution is 0.559. The van der Waals surface area contributed by atoms with Crippen LogP contribution in [0.25, 0.3) is 11.3 Å². The first-order chi connectivity index (χ1) is 6.77.